The molecule has 4 heteroatoms. The van der Waals surface area contributed by atoms with Crippen LogP contribution in [0.4, 0.5) is 0 Å². The van der Waals surface area contributed by atoms with E-state index < -0.39 is 12.1 Å². The smallest absolute Gasteiger partial charge is 0.303 e. The third kappa shape index (κ3) is 9.21. The van der Waals surface area contributed by atoms with Gasteiger partial charge in [0.15, 0.2) is 0 Å². The lowest BCUT2D eigenvalue weighted by Gasteiger charge is -2.01. The van der Waals surface area contributed by atoms with Crippen LogP contribution in [-0.4, -0.2) is 34.5 Å². The molecule has 0 radical (unpaired) electrons. The van der Waals surface area contributed by atoms with Crippen LogP contribution in [0.2, 0.25) is 0 Å². The van der Waals surface area contributed by atoms with Gasteiger partial charge in [-0.05, 0) is 25.7 Å². The van der Waals surface area contributed by atoms with Crippen molar-refractivity contribution in [1.82, 2.24) is 0 Å². The molecule has 1 rings (SSSR count). The minimum Gasteiger partial charge on any atom is -0.481 e. The van der Waals surface area contributed by atoms with Crippen LogP contribution in [0, 0.1) is 0 Å². The van der Waals surface area contributed by atoms with Gasteiger partial charge in [0, 0.05) is 6.42 Å². The van der Waals surface area contributed by atoms with E-state index in [1.165, 1.54) is 19.3 Å². The van der Waals surface area contributed by atoms with Gasteiger partial charge in [-0.25, -0.2) is 0 Å². The van der Waals surface area contributed by atoms with Gasteiger partial charge in [-0.1, -0.05) is 57.6 Å². The Kier molecular flexibility index (Phi) is 10.2. The second-order valence-electron chi connectivity index (χ2n) is 6.25. The number of aliphatic hydroxyl groups excluding tert-OH is 1. The third-order valence-corrected chi connectivity index (χ3v) is 4.15. The Bertz CT molecular complexity index is 327. The van der Waals surface area contributed by atoms with Gasteiger partial charge in [0.05, 0.1) is 6.10 Å². The summed E-state index contributed by atoms with van der Waals surface area (Å²) in [5.41, 5.74) is 0. The summed E-state index contributed by atoms with van der Waals surface area (Å²) < 4.78 is 5.54. The molecule has 3 unspecified atom stereocenters. The fourth-order valence-corrected chi connectivity index (χ4v) is 2.70. The molecule has 0 aliphatic carbocycles. The van der Waals surface area contributed by atoms with Crippen LogP contribution in [0.1, 0.15) is 77.6 Å². The molecule has 0 aromatic carbocycles. The quantitative estimate of drug-likeness (QED) is 0.288. The summed E-state index contributed by atoms with van der Waals surface area (Å²) in [6.45, 7) is 2.19. The standard InChI is InChI=1S/C18H32O4/c1-2-3-4-6-9-12-15(19)18-16(22-18)13-10-7-5-8-11-14-17(20)21/h9,12,15-16,18-19H,2-8,10-11,13-14H2,1H3,(H,20,21)/b12-9-. The van der Waals surface area contributed by atoms with Gasteiger partial charge in [0.25, 0.3) is 0 Å². The number of hydrogen-bond donors (Lipinski definition) is 2. The molecule has 128 valence electrons. The van der Waals surface area contributed by atoms with Crippen LogP contribution in [0.3, 0.4) is 0 Å². The number of hydrogen-bond acceptors (Lipinski definition) is 3. The van der Waals surface area contributed by atoms with Crippen molar-refractivity contribution in [2.24, 2.45) is 0 Å². The van der Waals surface area contributed by atoms with Crippen molar-refractivity contribution in [2.75, 3.05) is 0 Å². The average molecular weight is 312 g/mol. The van der Waals surface area contributed by atoms with Gasteiger partial charge < -0.3 is 14.9 Å². The number of aliphatic carboxylic acids is 1. The highest BCUT2D eigenvalue weighted by Crippen LogP contribution is 2.31. The monoisotopic (exact) mass is 312 g/mol. The molecule has 0 amide bonds. The largest absolute Gasteiger partial charge is 0.481 e. The summed E-state index contributed by atoms with van der Waals surface area (Å²) in [4.78, 5) is 10.4. The van der Waals surface area contributed by atoms with E-state index in [0.717, 1.165) is 44.9 Å². The van der Waals surface area contributed by atoms with E-state index in [1.54, 1.807) is 0 Å². The van der Waals surface area contributed by atoms with Crippen molar-refractivity contribution in [2.45, 2.75) is 95.9 Å². The topological polar surface area (TPSA) is 70.1 Å². The van der Waals surface area contributed by atoms with E-state index in [2.05, 4.69) is 13.0 Å². The Morgan fingerprint density at radius 3 is 2.59 bits per heavy atom. The van der Waals surface area contributed by atoms with Crippen LogP contribution in [0.15, 0.2) is 12.2 Å². The molecule has 1 saturated heterocycles. The van der Waals surface area contributed by atoms with E-state index in [1.807, 2.05) is 6.08 Å². The molecule has 0 saturated carbocycles. The third-order valence-electron chi connectivity index (χ3n) is 4.15. The number of allylic oxidation sites excluding steroid dienone is 1. The van der Waals surface area contributed by atoms with Crippen LogP contribution in [0.5, 0.6) is 0 Å². The molecular weight excluding hydrogens is 280 g/mol. The summed E-state index contributed by atoms with van der Waals surface area (Å²) in [6.07, 6.45) is 14.8. The van der Waals surface area contributed by atoms with Gasteiger partial charge in [0.1, 0.15) is 12.2 Å². The first-order chi connectivity index (χ1) is 10.6. The second kappa shape index (κ2) is 11.7. The van der Waals surface area contributed by atoms with Crippen molar-refractivity contribution < 1.29 is 19.7 Å². The van der Waals surface area contributed by atoms with Crippen LogP contribution in [0.25, 0.3) is 0 Å². The van der Waals surface area contributed by atoms with Gasteiger partial charge in [-0.3, -0.25) is 4.79 Å². The first-order valence-electron chi connectivity index (χ1n) is 8.87. The minimum absolute atomic E-state index is 0.00515. The maximum absolute atomic E-state index is 10.4. The lowest BCUT2D eigenvalue weighted by Crippen LogP contribution is -2.13. The molecule has 1 fully saturated rings. The minimum atomic E-state index is -0.703. The zero-order chi connectivity index (χ0) is 16.2. The summed E-state index contributed by atoms with van der Waals surface area (Å²) in [5, 5.41) is 18.5. The molecule has 4 nitrogen and oxygen atoms in total. The molecule has 1 heterocycles. The number of epoxide rings is 1. The molecule has 1 aliphatic rings. The van der Waals surface area contributed by atoms with Crippen LogP contribution in [-0.2, 0) is 9.53 Å². The van der Waals surface area contributed by atoms with Crippen molar-refractivity contribution in [1.29, 1.82) is 0 Å². The van der Waals surface area contributed by atoms with E-state index >= 15 is 0 Å². The van der Waals surface area contributed by atoms with E-state index in [0.29, 0.717) is 0 Å². The first kappa shape index (κ1) is 19.2. The Hall–Kier alpha value is -0.870. The maximum Gasteiger partial charge on any atom is 0.303 e. The molecule has 2 N–H and O–H groups in total. The molecule has 3 atom stereocenters. The molecule has 1 aliphatic heterocycles. The fourth-order valence-electron chi connectivity index (χ4n) is 2.70. The average Bonchev–Trinajstić information content (AvgIpc) is 3.25. The number of aliphatic hydroxyl groups is 1. The lowest BCUT2D eigenvalue weighted by atomic mass is 10.0. The Balaban J connectivity index is 1.93. The van der Waals surface area contributed by atoms with Crippen LogP contribution < -0.4 is 0 Å². The number of ether oxygens (including phenoxy) is 1. The van der Waals surface area contributed by atoms with Crippen molar-refractivity contribution in [3.63, 3.8) is 0 Å². The highest BCUT2D eigenvalue weighted by atomic mass is 16.6. The molecule has 0 aromatic rings. The number of unbranched alkanes of at least 4 members (excludes halogenated alkanes) is 7. The van der Waals surface area contributed by atoms with Gasteiger partial charge >= 0.3 is 5.97 Å². The fraction of sp³-hybridized carbons (Fsp3) is 0.833. The summed E-state index contributed by atoms with van der Waals surface area (Å²) in [5.74, 6) is -0.703. The SMILES string of the molecule is CCCCC/C=C\C(O)C1OC1CCCCCCCC(=O)O. The summed E-state index contributed by atoms with van der Waals surface area (Å²) in [6, 6.07) is 0. The molecular formula is C18H32O4. The van der Waals surface area contributed by atoms with Crippen LogP contribution >= 0.6 is 0 Å². The van der Waals surface area contributed by atoms with Gasteiger partial charge in [-0.2, -0.15) is 0 Å². The van der Waals surface area contributed by atoms with Crippen molar-refractivity contribution in [3.8, 4) is 0 Å². The molecule has 0 bridgehead atoms. The molecule has 22 heavy (non-hydrogen) atoms. The van der Waals surface area contributed by atoms with E-state index in [9.17, 15) is 9.90 Å². The van der Waals surface area contributed by atoms with E-state index in [-0.39, 0.29) is 18.6 Å². The number of carboxylic acids is 1. The van der Waals surface area contributed by atoms with Crippen molar-refractivity contribution >= 4 is 5.97 Å². The predicted octanol–water partition coefficient (Wildman–Crippen LogP) is 4.07. The highest BCUT2D eigenvalue weighted by molar-refractivity contribution is 5.66. The number of carboxylic acid groups (broad SMARTS) is 1. The Labute approximate surface area is 134 Å². The highest BCUT2D eigenvalue weighted by Gasteiger charge is 2.42. The van der Waals surface area contributed by atoms with E-state index in [4.69, 9.17) is 9.84 Å². The van der Waals surface area contributed by atoms with Gasteiger partial charge in [-0.15, -0.1) is 0 Å². The number of rotatable bonds is 14. The zero-order valence-electron chi connectivity index (χ0n) is 13.9. The normalized spacial score (nSPS) is 22.1. The second-order valence-corrected chi connectivity index (χ2v) is 6.25. The Morgan fingerprint density at radius 2 is 1.86 bits per heavy atom. The Morgan fingerprint density at radius 1 is 1.14 bits per heavy atom. The zero-order valence-corrected chi connectivity index (χ0v) is 13.9. The summed E-state index contributed by atoms with van der Waals surface area (Å²) >= 11 is 0. The molecule has 0 spiro atoms. The summed E-state index contributed by atoms with van der Waals surface area (Å²) in [7, 11) is 0. The van der Waals surface area contributed by atoms with Crippen molar-refractivity contribution in [3.05, 3.63) is 12.2 Å². The van der Waals surface area contributed by atoms with Gasteiger partial charge in [0.2, 0.25) is 0 Å². The maximum atomic E-state index is 10.4. The molecule has 0 aromatic heterocycles. The first-order valence-corrected chi connectivity index (χ1v) is 8.87. The predicted molar refractivity (Wildman–Crippen MR) is 87.9 cm³/mol. The lowest BCUT2D eigenvalue weighted by molar-refractivity contribution is -0.137. The number of carbonyl (C=O) groups is 1.